The normalized spacial score (nSPS) is 9.25. The first-order valence-electron chi connectivity index (χ1n) is 4.74. The van der Waals surface area contributed by atoms with Crippen molar-refractivity contribution in [1.29, 1.82) is 0 Å². The Kier molecular flexibility index (Phi) is 5.30. The molecule has 0 atom stereocenters. The van der Waals surface area contributed by atoms with Crippen LogP contribution in [0, 0.1) is 12.3 Å². The van der Waals surface area contributed by atoms with Gasteiger partial charge in [-0.05, 0) is 18.4 Å². The molecular formula is C12H13NO2S. The number of rotatable bonds is 5. The van der Waals surface area contributed by atoms with E-state index in [1.54, 1.807) is 11.8 Å². The lowest BCUT2D eigenvalue weighted by atomic mass is 10.3. The van der Waals surface area contributed by atoms with E-state index in [0.717, 1.165) is 4.90 Å². The number of terminal acetylenes is 1. The minimum Gasteiger partial charge on any atom is -0.483 e. The highest BCUT2D eigenvalue weighted by Crippen LogP contribution is 2.26. The second-order valence-electron chi connectivity index (χ2n) is 2.92. The molecule has 0 saturated heterocycles. The summed E-state index contributed by atoms with van der Waals surface area (Å²) in [6.07, 6.45) is 6.98. The number of nitrogens with one attached hydrogen (secondary N) is 1. The zero-order valence-electron chi connectivity index (χ0n) is 9.03. The summed E-state index contributed by atoms with van der Waals surface area (Å²) >= 11 is 1.58. The van der Waals surface area contributed by atoms with Gasteiger partial charge in [-0.2, -0.15) is 0 Å². The van der Waals surface area contributed by atoms with Gasteiger partial charge in [0.25, 0.3) is 5.91 Å². The van der Waals surface area contributed by atoms with Gasteiger partial charge in [-0.15, -0.1) is 18.2 Å². The van der Waals surface area contributed by atoms with Gasteiger partial charge in [0.15, 0.2) is 6.61 Å². The van der Waals surface area contributed by atoms with E-state index in [1.807, 2.05) is 30.5 Å². The SMILES string of the molecule is C#CCNC(=O)COc1ccccc1SC. The third-order valence-corrected chi connectivity index (χ3v) is 2.59. The Hall–Kier alpha value is -1.60. The van der Waals surface area contributed by atoms with Gasteiger partial charge < -0.3 is 10.1 Å². The molecule has 0 aromatic heterocycles. The molecule has 3 nitrogen and oxygen atoms in total. The van der Waals surface area contributed by atoms with Gasteiger partial charge in [-0.1, -0.05) is 18.1 Å². The molecule has 1 aromatic carbocycles. The minimum atomic E-state index is -0.214. The van der Waals surface area contributed by atoms with Crippen LogP contribution in [0.5, 0.6) is 5.75 Å². The van der Waals surface area contributed by atoms with E-state index in [1.165, 1.54) is 0 Å². The monoisotopic (exact) mass is 235 g/mol. The maximum Gasteiger partial charge on any atom is 0.258 e. The third-order valence-electron chi connectivity index (χ3n) is 1.82. The van der Waals surface area contributed by atoms with E-state index in [2.05, 4.69) is 11.2 Å². The van der Waals surface area contributed by atoms with Crippen molar-refractivity contribution in [3.63, 3.8) is 0 Å². The molecular weight excluding hydrogens is 222 g/mol. The molecule has 0 radical (unpaired) electrons. The fourth-order valence-corrected chi connectivity index (χ4v) is 1.62. The highest BCUT2D eigenvalue weighted by molar-refractivity contribution is 7.98. The van der Waals surface area contributed by atoms with E-state index < -0.39 is 0 Å². The zero-order valence-corrected chi connectivity index (χ0v) is 9.84. The average Bonchev–Trinajstić information content (AvgIpc) is 2.34. The first kappa shape index (κ1) is 12.5. The molecule has 0 aliphatic carbocycles. The van der Waals surface area contributed by atoms with E-state index >= 15 is 0 Å². The smallest absolute Gasteiger partial charge is 0.258 e. The Morgan fingerprint density at radius 1 is 1.56 bits per heavy atom. The molecule has 0 aliphatic rings. The van der Waals surface area contributed by atoms with Crippen LogP contribution < -0.4 is 10.1 Å². The Bertz CT molecular complexity index is 398. The zero-order chi connectivity index (χ0) is 11.8. The maximum absolute atomic E-state index is 11.2. The standard InChI is InChI=1S/C12H13NO2S/c1-3-8-13-12(14)9-15-10-6-4-5-7-11(10)16-2/h1,4-7H,8-9H2,2H3,(H,13,14). The van der Waals surface area contributed by atoms with Crippen LogP contribution in [0.4, 0.5) is 0 Å². The summed E-state index contributed by atoms with van der Waals surface area (Å²) in [4.78, 5) is 12.2. The van der Waals surface area contributed by atoms with Gasteiger partial charge in [0, 0.05) is 4.90 Å². The van der Waals surface area contributed by atoms with Gasteiger partial charge in [-0.25, -0.2) is 0 Å². The summed E-state index contributed by atoms with van der Waals surface area (Å²) in [7, 11) is 0. The summed E-state index contributed by atoms with van der Waals surface area (Å²) in [6, 6.07) is 7.57. The van der Waals surface area contributed by atoms with Crippen LogP contribution in [0.2, 0.25) is 0 Å². The number of amides is 1. The van der Waals surface area contributed by atoms with Gasteiger partial charge in [0.2, 0.25) is 0 Å². The first-order valence-corrected chi connectivity index (χ1v) is 5.96. The molecule has 0 bridgehead atoms. The van der Waals surface area contributed by atoms with Gasteiger partial charge >= 0.3 is 0 Å². The predicted octanol–water partition coefficient (Wildman–Crippen LogP) is 1.54. The molecule has 0 unspecified atom stereocenters. The van der Waals surface area contributed by atoms with Crippen molar-refractivity contribution >= 4 is 17.7 Å². The number of carbonyl (C=O) groups excluding carboxylic acids is 1. The van der Waals surface area contributed by atoms with Crippen LogP contribution in [-0.4, -0.2) is 25.3 Å². The molecule has 4 heteroatoms. The molecule has 0 heterocycles. The van der Waals surface area contributed by atoms with Crippen LogP contribution in [0.25, 0.3) is 0 Å². The molecule has 0 saturated carbocycles. The number of carbonyl (C=O) groups is 1. The molecule has 1 aromatic rings. The second-order valence-corrected chi connectivity index (χ2v) is 3.77. The highest BCUT2D eigenvalue weighted by Gasteiger charge is 2.04. The summed E-state index contributed by atoms with van der Waals surface area (Å²) in [5, 5.41) is 2.53. The van der Waals surface area contributed by atoms with Crippen LogP contribution in [-0.2, 0) is 4.79 Å². The number of thioether (sulfide) groups is 1. The molecule has 0 spiro atoms. The van der Waals surface area contributed by atoms with Crippen molar-refractivity contribution in [3.8, 4) is 18.1 Å². The summed E-state index contributed by atoms with van der Waals surface area (Å²) < 4.78 is 5.39. The van der Waals surface area contributed by atoms with E-state index in [4.69, 9.17) is 11.2 Å². The summed E-state index contributed by atoms with van der Waals surface area (Å²) in [6.45, 7) is 0.214. The second kappa shape index (κ2) is 6.81. The molecule has 84 valence electrons. The largest absolute Gasteiger partial charge is 0.483 e. The van der Waals surface area contributed by atoms with E-state index in [9.17, 15) is 4.79 Å². The molecule has 1 rings (SSSR count). The Morgan fingerprint density at radius 2 is 2.31 bits per heavy atom. The van der Waals surface area contributed by atoms with Crippen molar-refractivity contribution in [2.45, 2.75) is 4.90 Å². The van der Waals surface area contributed by atoms with Crippen molar-refractivity contribution in [1.82, 2.24) is 5.32 Å². The number of benzene rings is 1. The highest BCUT2D eigenvalue weighted by atomic mass is 32.2. The fourth-order valence-electron chi connectivity index (χ4n) is 1.08. The van der Waals surface area contributed by atoms with Crippen molar-refractivity contribution in [2.24, 2.45) is 0 Å². The molecule has 1 amide bonds. The van der Waals surface area contributed by atoms with Crippen LogP contribution in [0.15, 0.2) is 29.2 Å². The number of hydrogen-bond acceptors (Lipinski definition) is 3. The van der Waals surface area contributed by atoms with Crippen LogP contribution in [0.1, 0.15) is 0 Å². The van der Waals surface area contributed by atoms with E-state index in [0.29, 0.717) is 5.75 Å². The maximum atomic E-state index is 11.2. The fraction of sp³-hybridized carbons (Fsp3) is 0.250. The van der Waals surface area contributed by atoms with Crippen molar-refractivity contribution in [2.75, 3.05) is 19.4 Å². The van der Waals surface area contributed by atoms with Crippen molar-refractivity contribution < 1.29 is 9.53 Å². The van der Waals surface area contributed by atoms with Gasteiger partial charge in [0.05, 0.1) is 6.54 Å². The lowest BCUT2D eigenvalue weighted by Gasteiger charge is -2.08. The van der Waals surface area contributed by atoms with Gasteiger partial charge in [0.1, 0.15) is 5.75 Å². The predicted molar refractivity (Wildman–Crippen MR) is 65.6 cm³/mol. The Morgan fingerprint density at radius 3 is 3.00 bits per heavy atom. The van der Waals surface area contributed by atoms with Crippen LogP contribution >= 0.6 is 11.8 Å². The number of hydrogen-bond donors (Lipinski definition) is 1. The lowest BCUT2D eigenvalue weighted by molar-refractivity contribution is -0.122. The average molecular weight is 235 g/mol. The first-order chi connectivity index (χ1) is 7.77. The molecule has 16 heavy (non-hydrogen) atoms. The topological polar surface area (TPSA) is 38.3 Å². The third kappa shape index (κ3) is 3.87. The molecule has 0 fully saturated rings. The lowest BCUT2D eigenvalue weighted by Crippen LogP contribution is -2.29. The Balaban J connectivity index is 2.48. The number of ether oxygens (including phenoxy) is 1. The summed E-state index contributed by atoms with van der Waals surface area (Å²) in [5.74, 6) is 2.83. The number of para-hydroxylation sites is 1. The molecule has 1 N–H and O–H groups in total. The summed E-state index contributed by atoms with van der Waals surface area (Å²) in [5.41, 5.74) is 0. The van der Waals surface area contributed by atoms with Gasteiger partial charge in [-0.3, -0.25) is 4.79 Å². The Labute approximate surface area is 99.6 Å². The molecule has 0 aliphatic heterocycles. The van der Waals surface area contributed by atoms with E-state index in [-0.39, 0.29) is 19.1 Å². The van der Waals surface area contributed by atoms with Crippen LogP contribution in [0.3, 0.4) is 0 Å². The minimum absolute atomic E-state index is 0.0146. The van der Waals surface area contributed by atoms with Crippen molar-refractivity contribution in [3.05, 3.63) is 24.3 Å². The quantitative estimate of drug-likeness (QED) is 0.621.